The van der Waals surface area contributed by atoms with Crippen LogP contribution in [-0.2, 0) is 23.3 Å². The molecule has 0 spiro atoms. The SMILES string of the molecule is CC[C@H]1O[C@@H](N)[C@@H](O)C1OP(=O)(O)SC[C@H]1O[C@@H](N=N)[C@@H](O)C1OC. The molecule has 2 rings (SSSR count). The van der Waals surface area contributed by atoms with Crippen LogP contribution in [0.1, 0.15) is 13.3 Å². The summed E-state index contributed by atoms with van der Waals surface area (Å²) in [5.41, 5.74) is 12.6. The Labute approximate surface area is 148 Å². The maximum atomic E-state index is 12.3. The van der Waals surface area contributed by atoms with Crippen molar-refractivity contribution in [2.75, 3.05) is 12.9 Å². The van der Waals surface area contributed by atoms with E-state index in [1.54, 1.807) is 6.92 Å². The van der Waals surface area contributed by atoms with Crippen LogP contribution in [0.5, 0.6) is 0 Å². The number of hydrogen-bond acceptors (Lipinski definition) is 11. The number of methoxy groups -OCH3 is 1. The summed E-state index contributed by atoms with van der Waals surface area (Å²) in [6, 6.07) is 0. The first-order chi connectivity index (χ1) is 11.7. The van der Waals surface area contributed by atoms with Gasteiger partial charge < -0.3 is 35.1 Å². The minimum Gasteiger partial charge on any atom is -0.386 e. The average molecular weight is 401 g/mol. The van der Waals surface area contributed by atoms with Crippen molar-refractivity contribution in [2.45, 2.75) is 62.4 Å². The normalized spacial score (nSPS) is 43.9. The number of aliphatic hydroxyl groups is 2. The van der Waals surface area contributed by atoms with Crippen molar-refractivity contribution < 1.29 is 38.4 Å². The lowest BCUT2D eigenvalue weighted by Crippen LogP contribution is -2.38. The van der Waals surface area contributed by atoms with E-state index in [0.29, 0.717) is 17.8 Å². The van der Waals surface area contributed by atoms with E-state index in [2.05, 4.69) is 5.11 Å². The van der Waals surface area contributed by atoms with Gasteiger partial charge in [0.25, 0.3) is 0 Å². The zero-order valence-electron chi connectivity index (χ0n) is 13.8. The van der Waals surface area contributed by atoms with Crippen LogP contribution in [0.15, 0.2) is 5.11 Å². The van der Waals surface area contributed by atoms with Crippen LogP contribution in [0.25, 0.3) is 0 Å². The molecule has 0 bridgehead atoms. The van der Waals surface area contributed by atoms with Gasteiger partial charge in [0.15, 0.2) is 6.23 Å². The van der Waals surface area contributed by atoms with Crippen LogP contribution in [0, 0.1) is 5.53 Å². The van der Waals surface area contributed by atoms with Gasteiger partial charge in [0.05, 0.1) is 12.2 Å². The van der Waals surface area contributed by atoms with Crippen molar-refractivity contribution >= 4 is 18.2 Å². The van der Waals surface area contributed by atoms with Gasteiger partial charge in [0, 0.05) is 12.9 Å². The van der Waals surface area contributed by atoms with Gasteiger partial charge in [-0.25, -0.2) is 10.1 Å². The maximum Gasteiger partial charge on any atom is 0.387 e. The highest BCUT2D eigenvalue weighted by atomic mass is 32.7. The first-order valence-corrected chi connectivity index (χ1v) is 10.9. The Morgan fingerprint density at radius 3 is 2.52 bits per heavy atom. The number of aliphatic hydroxyl groups excluding tert-OH is 2. The van der Waals surface area contributed by atoms with Crippen molar-refractivity contribution in [2.24, 2.45) is 10.8 Å². The zero-order chi connectivity index (χ0) is 18.8. The summed E-state index contributed by atoms with van der Waals surface area (Å²) in [5, 5.41) is 23.0. The number of nitrogens with two attached hydrogens (primary N) is 1. The summed E-state index contributed by atoms with van der Waals surface area (Å²) in [6.45, 7) is -2.39. The zero-order valence-corrected chi connectivity index (χ0v) is 15.5. The minimum absolute atomic E-state index is 0.0398. The topological polar surface area (TPSA) is 177 Å². The molecule has 2 aliphatic heterocycles. The Hall–Kier alpha value is -0.140. The Morgan fingerprint density at radius 1 is 1.28 bits per heavy atom. The number of nitrogens with zero attached hydrogens (tertiary/aromatic N) is 1. The maximum absolute atomic E-state index is 12.3. The fourth-order valence-electron chi connectivity index (χ4n) is 2.83. The molecule has 2 saturated heterocycles. The Morgan fingerprint density at radius 2 is 1.96 bits per heavy atom. The average Bonchev–Trinajstić information content (AvgIpc) is 3.03. The molecule has 0 aromatic heterocycles. The van der Waals surface area contributed by atoms with Crippen LogP contribution in [-0.4, -0.2) is 77.0 Å². The lowest BCUT2D eigenvalue weighted by atomic mass is 10.1. The minimum atomic E-state index is -4.17. The Balaban J connectivity index is 1.95. The van der Waals surface area contributed by atoms with Crippen LogP contribution in [0.4, 0.5) is 0 Å². The number of rotatable bonds is 8. The molecular formula is C12H24N3O8PS. The molecule has 11 nitrogen and oxygen atoms in total. The molecule has 25 heavy (non-hydrogen) atoms. The molecule has 146 valence electrons. The molecule has 0 aromatic carbocycles. The standard InChI is InChI=1S/C12H24N3O8PS/c1-3-5-10(7(16)11(13)21-5)23-24(18,19)25-4-6-9(20-2)8(17)12(15-14)22-6/h5-12,14,16-17H,3-4,13H2,1-2H3,(H,18,19)/t5-,6-,7+,8+,9?,10?,11-,12-/m1/s1. The Kier molecular flexibility index (Phi) is 7.36. The molecule has 0 radical (unpaired) electrons. The largest absolute Gasteiger partial charge is 0.387 e. The summed E-state index contributed by atoms with van der Waals surface area (Å²) in [6.07, 6.45) is -7.11. The van der Waals surface area contributed by atoms with Gasteiger partial charge in [0.1, 0.15) is 30.6 Å². The van der Waals surface area contributed by atoms with Crippen molar-refractivity contribution in [3.05, 3.63) is 0 Å². The van der Waals surface area contributed by atoms with E-state index in [4.69, 9.17) is 30.0 Å². The second kappa shape index (κ2) is 8.70. The van der Waals surface area contributed by atoms with Crippen LogP contribution >= 0.6 is 18.2 Å². The number of ether oxygens (including phenoxy) is 3. The van der Waals surface area contributed by atoms with Crippen LogP contribution in [0.3, 0.4) is 0 Å². The number of hydrogen-bond donors (Lipinski definition) is 5. The van der Waals surface area contributed by atoms with E-state index in [1.165, 1.54) is 7.11 Å². The predicted octanol–water partition coefficient (Wildman–Crippen LogP) is -0.209. The van der Waals surface area contributed by atoms with E-state index in [9.17, 15) is 19.7 Å². The van der Waals surface area contributed by atoms with Gasteiger partial charge in [-0.05, 0) is 17.8 Å². The van der Waals surface area contributed by atoms with E-state index in [1.807, 2.05) is 0 Å². The third-order valence-electron chi connectivity index (χ3n) is 4.14. The summed E-state index contributed by atoms with van der Waals surface area (Å²) in [5.74, 6) is -0.0398. The molecule has 2 heterocycles. The first kappa shape index (κ1) is 21.2. The van der Waals surface area contributed by atoms with Gasteiger partial charge >= 0.3 is 6.80 Å². The van der Waals surface area contributed by atoms with E-state index >= 15 is 0 Å². The number of nitrogens with one attached hydrogen (secondary N) is 1. The third kappa shape index (κ3) is 4.78. The molecule has 6 N–H and O–H groups in total. The molecule has 0 aliphatic carbocycles. The summed E-state index contributed by atoms with van der Waals surface area (Å²) < 4.78 is 33.3. The fraction of sp³-hybridized carbons (Fsp3) is 1.00. The molecule has 13 heteroatoms. The monoisotopic (exact) mass is 401 g/mol. The highest BCUT2D eigenvalue weighted by molar-refractivity contribution is 8.54. The van der Waals surface area contributed by atoms with Crippen LogP contribution in [0.2, 0.25) is 0 Å². The second-order valence-corrected chi connectivity index (χ2v) is 9.66. The van der Waals surface area contributed by atoms with E-state index in [0.717, 1.165) is 0 Å². The molecule has 2 aliphatic rings. The highest BCUT2D eigenvalue weighted by Gasteiger charge is 2.47. The van der Waals surface area contributed by atoms with Gasteiger partial charge in [-0.15, -0.1) is 0 Å². The van der Waals surface area contributed by atoms with Crippen molar-refractivity contribution in [3.8, 4) is 0 Å². The summed E-state index contributed by atoms with van der Waals surface area (Å²) >= 11 is 0.575. The molecule has 0 saturated carbocycles. The van der Waals surface area contributed by atoms with Crippen LogP contribution < -0.4 is 5.73 Å². The summed E-state index contributed by atoms with van der Waals surface area (Å²) in [4.78, 5) is 10.1. The molecule has 3 unspecified atom stereocenters. The first-order valence-electron chi connectivity index (χ1n) is 7.71. The molecule has 0 amide bonds. The molecular weight excluding hydrogens is 377 g/mol. The molecule has 2 fully saturated rings. The van der Waals surface area contributed by atoms with E-state index in [-0.39, 0.29) is 5.75 Å². The predicted molar refractivity (Wildman–Crippen MR) is 86.9 cm³/mol. The van der Waals surface area contributed by atoms with Gasteiger partial charge in [-0.3, -0.25) is 4.52 Å². The fourth-order valence-corrected chi connectivity index (χ4v) is 5.55. The highest BCUT2D eigenvalue weighted by Crippen LogP contribution is 2.58. The lowest BCUT2D eigenvalue weighted by molar-refractivity contribution is -0.00240. The van der Waals surface area contributed by atoms with Gasteiger partial charge in [-0.1, -0.05) is 6.92 Å². The van der Waals surface area contributed by atoms with Crippen molar-refractivity contribution in [3.63, 3.8) is 0 Å². The third-order valence-corrected chi connectivity index (χ3v) is 7.14. The second-order valence-electron chi connectivity index (χ2n) is 5.76. The lowest BCUT2D eigenvalue weighted by Gasteiger charge is -2.23. The van der Waals surface area contributed by atoms with Gasteiger partial charge in [-0.2, -0.15) is 5.11 Å². The molecule has 9 atom stereocenters. The quantitative estimate of drug-likeness (QED) is 0.270. The van der Waals surface area contributed by atoms with Crippen molar-refractivity contribution in [1.82, 2.24) is 0 Å². The smallest absolute Gasteiger partial charge is 0.386 e. The Bertz CT molecular complexity index is 517. The molecule has 0 aromatic rings. The van der Waals surface area contributed by atoms with Crippen molar-refractivity contribution in [1.29, 1.82) is 5.53 Å². The van der Waals surface area contributed by atoms with E-state index < -0.39 is 55.9 Å². The van der Waals surface area contributed by atoms with Gasteiger partial charge in [0.2, 0.25) is 0 Å². The summed E-state index contributed by atoms with van der Waals surface area (Å²) in [7, 11) is 1.36.